The third kappa shape index (κ3) is 7.34. The average molecular weight is 200 g/mol. The van der Waals surface area contributed by atoms with Gasteiger partial charge in [-0.05, 0) is 60.4 Å². The summed E-state index contributed by atoms with van der Waals surface area (Å²) in [5.41, 5.74) is 0. The fourth-order valence-electron chi connectivity index (χ4n) is 1.69. The van der Waals surface area contributed by atoms with E-state index >= 15 is 0 Å². The van der Waals surface area contributed by atoms with Crippen molar-refractivity contribution < 1.29 is 0 Å². The van der Waals surface area contributed by atoms with Gasteiger partial charge in [-0.25, -0.2) is 0 Å². The SMILES string of the molecule is CCCCN1CCCC1C.CN(C)C. The molecular formula is C12H28N2. The van der Waals surface area contributed by atoms with Crippen LogP contribution in [0.3, 0.4) is 0 Å². The van der Waals surface area contributed by atoms with Gasteiger partial charge in [-0.2, -0.15) is 0 Å². The minimum atomic E-state index is 0.867. The zero-order chi connectivity index (χ0) is 11.0. The van der Waals surface area contributed by atoms with Crippen LogP contribution in [0.4, 0.5) is 0 Å². The summed E-state index contributed by atoms with van der Waals surface area (Å²) in [6.07, 6.45) is 5.56. The molecule has 86 valence electrons. The first-order chi connectivity index (χ1) is 6.57. The number of hydrogen-bond donors (Lipinski definition) is 0. The maximum Gasteiger partial charge on any atom is 0.00674 e. The van der Waals surface area contributed by atoms with E-state index in [9.17, 15) is 0 Å². The highest BCUT2D eigenvalue weighted by Gasteiger charge is 2.18. The van der Waals surface area contributed by atoms with Gasteiger partial charge in [0.25, 0.3) is 0 Å². The quantitative estimate of drug-likeness (QED) is 0.690. The molecule has 1 aliphatic rings. The second-order valence-electron chi connectivity index (χ2n) is 4.72. The highest BCUT2D eigenvalue weighted by atomic mass is 15.2. The molecule has 0 amide bonds. The fourth-order valence-corrected chi connectivity index (χ4v) is 1.69. The van der Waals surface area contributed by atoms with Crippen LogP contribution in [0.1, 0.15) is 39.5 Å². The van der Waals surface area contributed by atoms with E-state index in [4.69, 9.17) is 0 Å². The summed E-state index contributed by atoms with van der Waals surface area (Å²) in [7, 11) is 6.00. The average Bonchev–Trinajstić information content (AvgIpc) is 2.47. The molecule has 1 rings (SSSR count). The van der Waals surface area contributed by atoms with Crippen LogP contribution in [0.5, 0.6) is 0 Å². The molecular weight excluding hydrogens is 172 g/mol. The molecule has 0 aliphatic carbocycles. The van der Waals surface area contributed by atoms with Crippen LogP contribution in [-0.2, 0) is 0 Å². The molecule has 0 saturated carbocycles. The molecule has 1 fully saturated rings. The summed E-state index contributed by atoms with van der Waals surface area (Å²) in [6, 6.07) is 0.867. The first-order valence-electron chi connectivity index (χ1n) is 5.93. The monoisotopic (exact) mass is 200 g/mol. The van der Waals surface area contributed by atoms with Gasteiger partial charge >= 0.3 is 0 Å². The number of hydrogen-bond acceptors (Lipinski definition) is 2. The lowest BCUT2D eigenvalue weighted by molar-refractivity contribution is 0.265. The molecule has 14 heavy (non-hydrogen) atoms. The maximum absolute atomic E-state index is 2.61. The van der Waals surface area contributed by atoms with Crippen molar-refractivity contribution >= 4 is 0 Å². The van der Waals surface area contributed by atoms with Gasteiger partial charge in [0.1, 0.15) is 0 Å². The summed E-state index contributed by atoms with van der Waals surface area (Å²) < 4.78 is 0. The zero-order valence-electron chi connectivity index (χ0n) is 10.7. The summed E-state index contributed by atoms with van der Waals surface area (Å²) >= 11 is 0. The lowest BCUT2D eigenvalue weighted by Crippen LogP contribution is -2.27. The largest absolute Gasteiger partial charge is 0.312 e. The van der Waals surface area contributed by atoms with E-state index < -0.39 is 0 Å². The van der Waals surface area contributed by atoms with Crippen LogP contribution in [0.25, 0.3) is 0 Å². The van der Waals surface area contributed by atoms with E-state index in [-0.39, 0.29) is 0 Å². The second-order valence-corrected chi connectivity index (χ2v) is 4.72. The normalized spacial score (nSPS) is 22.3. The molecule has 0 aromatic carbocycles. The third-order valence-electron chi connectivity index (χ3n) is 2.49. The van der Waals surface area contributed by atoms with Gasteiger partial charge in [0, 0.05) is 6.04 Å². The molecule has 1 unspecified atom stereocenters. The summed E-state index contributed by atoms with van der Waals surface area (Å²) in [6.45, 7) is 7.29. The van der Waals surface area contributed by atoms with Crippen LogP contribution in [0.2, 0.25) is 0 Å². The fraction of sp³-hybridized carbons (Fsp3) is 1.00. The van der Waals surface area contributed by atoms with Crippen molar-refractivity contribution in [3.8, 4) is 0 Å². The van der Waals surface area contributed by atoms with Crippen LogP contribution in [0.15, 0.2) is 0 Å². The van der Waals surface area contributed by atoms with Crippen molar-refractivity contribution in [3.05, 3.63) is 0 Å². The maximum atomic E-state index is 2.61. The highest BCUT2D eigenvalue weighted by Crippen LogP contribution is 2.16. The Morgan fingerprint density at radius 2 is 1.86 bits per heavy atom. The predicted octanol–water partition coefficient (Wildman–Crippen LogP) is 2.45. The zero-order valence-corrected chi connectivity index (χ0v) is 10.7. The Bertz CT molecular complexity index is 121. The standard InChI is InChI=1S/C9H19N.C3H9N/c1-3-4-7-10-8-5-6-9(10)2;1-4(2)3/h9H,3-8H2,1-2H3;1-3H3. The van der Waals surface area contributed by atoms with E-state index in [0.29, 0.717) is 0 Å². The van der Waals surface area contributed by atoms with Gasteiger partial charge in [-0.3, -0.25) is 0 Å². The van der Waals surface area contributed by atoms with Crippen molar-refractivity contribution in [2.45, 2.75) is 45.6 Å². The van der Waals surface area contributed by atoms with Crippen LogP contribution >= 0.6 is 0 Å². The first-order valence-corrected chi connectivity index (χ1v) is 5.93. The molecule has 0 aromatic rings. The van der Waals surface area contributed by atoms with Gasteiger partial charge in [0.15, 0.2) is 0 Å². The van der Waals surface area contributed by atoms with Gasteiger partial charge in [-0.15, -0.1) is 0 Å². The first kappa shape index (κ1) is 13.9. The minimum Gasteiger partial charge on any atom is -0.312 e. The molecule has 1 saturated heterocycles. The Morgan fingerprint density at radius 1 is 1.29 bits per heavy atom. The Morgan fingerprint density at radius 3 is 2.21 bits per heavy atom. The molecule has 1 atom stereocenters. The van der Waals surface area contributed by atoms with Crippen LogP contribution in [0, 0.1) is 0 Å². The number of likely N-dealkylation sites (tertiary alicyclic amines) is 1. The molecule has 0 bridgehead atoms. The minimum absolute atomic E-state index is 0.867. The molecule has 0 spiro atoms. The molecule has 2 heteroatoms. The van der Waals surface area contributed by atoms with Gasteiger partial charge in [0.2, 0.25) is 0 Å². The smallest absolute Gasteiger partial charge is 0.00674 e. The molecule has 0 N–H and O–H groups in total. The van der Waals surface area contributed by atoms with Crippen molar-refractivity contribution in [1.82, 2.24) is 9.80 Å². The van der Waals surface area contributed by atoms with E-state index in [1.807, 2.05) is 26.0 Å². The van der Waals surface area contributed by atoms with Gasteiger partial charge in [-0.1, -0.05) is 13.3 Å². The van der Waals surface area contributed by atoms with Crippen molar-refractivity contribution in [2.24, 2.45) is 0 Å². The molecule has 1 heterocycles. The van der Waals surface area contributed by atoms with E-state index in [0.717, 1.165) is 6.04 Å². The lowest BCUT2D eigenvalue weighted by atomic mass is 10.2. The summed E-state index contributed by atoms with van der Waals surface area (Å²) in [5, 5.41) is 0. The Balaban J connectivity index is 0.000000364. The second kappa shape index (κ2) is 8.25. The van der Waals surface area contributed by atoms with Crippen molar-refractivity contribution in [2.75, 3.05) is 34.2 Å². The number of rotatable bonds is 3. The van der Waals surface area contributed by atoms with Gasteiger partial charge < -0.3 is 9.80 Å². The number of nitrogens with zero attached hydrogens (tertiary/aromatic N) is 2. The highest BCUT2D eigenvalue weighted by molar-refractivity contribution is 4.74. The topological polar surface area (TPSA) is 6.48 Å². The summed E-state index contributed by atoms with van der Waals surface area (Å²) in [4.78, 5) is 4.61. The number of unbranched alkanes of at least 4 members (excludes halogenated alkanes) is 1. The Kier molecular flexibility index (Phi) is 8.20. The lowest BCUT2D eigenvalue weighted by Gasteiger charge is -2.19. The summed E-state index contributed by atoms with van der Waals surface area (Å²) in [5.74, 6) is 0. The molecule has 0 radical (unpaired) electrons. The van der Waals surface area contributed by atoms with Crippen molar-refractivity contribution in [1.29, 1.82) is 0 Å². The van der Waals surface area contributed by atoms with Crippen molar-refractivity contribution in [3.63, 3.8) is 0 Å². The van der Waals surface area contributed by atoms with Gasteiger partial charge in [0.05, 0.1) is 0 Å². The Hall–Kier alpha value is -0.0800. The molecule has 2 nitrogen and oxygen atoms in total. The van der Waals surface area contributed by atoms with E-state index in [1.165, 1.54) is 38.8 Å². The predicted molar refractivity (Wildman–Crippen MR) is 64.8 cm³/mol. The van der Waals surface area contributed by atoms with E-state index in [1.54, 1.807) is 0 Å². The molecule has 0 aromatic heterocycles. The van der Waals surface area contributed by atoms with E-state index in [2.05, 4.69) is 18.7 Å². The van der Waals surface area contributed by atoms with Crippen LogP contribution < -0.4 is 0 Å². The molecule has 1 aliphatic heterocycles. The Labute approximate surface area is 90.3 Å². The third-order valence-corrected chi connectivity index (χ3v) is 2.49. The van der Waals surface area contributed by atoms with Crippen LogP contribution in [-0.4, -0.2) is 50.1 Å².